The minimum atomic E-state index is -2.20. The summed E-state index contributed by atoms with van der Waals surface area (Å²) in [7, 11) is 0. The quantitative estimate of drug-likeness (QED) is 0.123. The van der Waals surface area contributed by atoms with Crippen LogP contribution in [-0.2, 0) is 26.5 Å². The van der Waals surface area contributed by atoms with Gasteiger partial charge in [0.2, 0.25) is 0 Å². The Kier molecular flexibility index (Phi) is 9.57. The molecule has 0 saturated carbocycles. The van der Waals surface area contributed by atoms with Gasteiger partial charge in [0.15, 0.2) is 0 Å². The first-order valence-corrected chi connectivity index (χ1v) is 23.7. The maximum atomic E-state index is 8.56. The van der Waals surface area contributed by atoms with Gasteiger partial charge >= 0.3 is 128 Å². The van der Waals surface area contributed by atoms with Gasteiger partial charge in [-0.25, -0.2) is 0 Å². The molecule has 8 aromatic rings. The maximum absolute atomic E-state index is 8.56. The molecule has 0 N–H and O–H groups in total. The van der Waals surface area contributed by atoms with Crippen LogP contribution >= 0.6 is 0 Å². The summed E-state index contributed by atoms with van der Waals surface area (Å²) in [4.78, 5) is 9.51. The Morgan fingerprint density at radius 1 is 0.796 bits per heavy atom. The molecule has 0 bridgehead atoms. The zero-order chi connectivity index (χ0) is 35.0. The molecule has 4 nitrogen and oxygen atoms in total. The van der Waals surface area contributed by atoms with Crippen LogP contribution in [0.15, 0.2) is 132 Å². The number of para-hydroxylation sites is 4. The molecule has 0 atom stereocenters. The van der Waals surface area contributed by atoms with Gasteiger partial charge in [0.25, 0.3) is 0 Å². The standard InChI is InChI=1S/C25H15N2O.C18H24GeN.Ir/c1-2-8-18(9-3-1)27-22-12-6-5-11-21(22)26-25(27)17-14-15-20-19-10-4-7-13-23(19)28-24(20)16-17;1-14(2)11-16-12-18(15-9-7-6-8-10-15)20-13-17(16)19(3,4)5;/h1-13,15-16H;6-9,12-14H,11H2,1-5H3;/q2*-1;/i;11D2;. The van der Waals surface area contributed by atoms with Gasteiger partial charge in [-0.1, -0.05) is 60.0 Å². The van der Waals surface area contributed by atoms with E-state index in [1.165, 1.54) is 0 Å². The van der Waals surface area contributed by atoms with E-state index in [0.29, 0.717) is 0 Å². The van der Waals surface area contributed by atoms with Crippen molar-refractivity contribution >= 4 is 50.6 Å². The van der Waals surface area contributed by atoms with Crippen molar-refractivity contribution < 1.29 is 27.3 Å². The molecule has 0 spiro atoms. The van der Waals surface area contributed by atoms with Gasteiger partial charge in [0, 0.05) is 25.8 Å². The van der Waals surface area contributed by atoms with Crippen LogP contribution in [0.4, 0.5) is 0 Å². The summed E-state index contributed by atoms with van der Waals surface area (Å²) in [5.74, 6) is 7.63. The van der Waals surface area contributed by atoms with Gasteiger partial charge in [0.05, 0.1) is 22.4 Å². The molecule has 0 unspecified atom stereocenters. The van der Waals surface area contributed by atoms with E-state index in [9.17, 15) is 0 Å². The Bertz CT molecular complexity index is 2430. The van der Waals surface area contributed by atoms with Gasteiger partial charge in [-0.2, -0.15) is 0 Å². The van der Waals surface area contributed by atoms with Crippen LogP contribution in [0, 0.1) is 18.1 Å². The SMILES string of the molecule is [2H]C([2H])(c1cc(-c2[c-]cccc2)nc[c]1[Ge]([CH3])([CH3])[CH3])C(C)C.[Ir].[c-]1cc2c(cc1-c1nc3ccccc3n1-c1ccccc1)oc1ccccc12. The first kappa shape index (κ1) is 31.9. The number of aromatic nitrogens is 3. The molecule has 0 aliphatic heterocycles. The molecule has 5 aromatic carbocycles. The van der Waals surface area contributed by atoms with Gasteiger partial charge in [-0.05, 0) is 35.7 Å². The van der Waals surface area contributed by atoms with Crippen molar-refractivity contribution in [1.29, 1.82) is 0 Å². The van der Waals surface area contributed by atoms with Crippen LogP contribution in [0.3, 0.4) is 0 Å². The molecule has 0 fully saturated rings. The van der Waals surface area contributed by atoms with E-state index in [1.807, 2.05) is 117 Å². The third-order valence-corrected chi connectivity index (χ3v) is 12.5. The van der Waals surface area contributed by atoms with Gasteiger partial charge < -0.3 is 8.98 Å². The van der Waals surface area contributed by atoms with Crippen molar-refractivity contribution in [2.75, 3.05) is 0 Å². The first-order chi connectivity index (χ1) is 24.0. The second-order valence-electron chi connectivity index (χ2n) is 13.3. The zero-order valence-corrected chi connectivity index (χ0v) is 32.8. The van der Waals surface area contributed by atoms with Crippen LogP contribution in [0.1, 0.15) is 22.2 Å². The van der Waals surface area contributed by atoms with Crippen molar-refractivity contribution in [3.05, 3.63) is 145 Å². The zero-order valence-electron chi connectivity index (χ0n) is 30.3. The van der Waals surface area contributed by atoms with E-state index in [-0.39, 0.29) is 26.0 Å². The molecule has 3 aromatic heterocycles. The smallest absolute Gasteiger partial charge is 0.123 e. The molecular formula is C43H39GeIrN3O-2. The molecule has 6 heteroatoms. The Hall–Kier alpha value is -4.29. The molecule has 49 heavy (non-hydrogen) atoms. The summed E-state index contributed by atoms with van der Waals surface area (Å²) in [6, 6.07) is 46.9. The number of pyridine rings is 1. The van der Waals surface area contributed by atoms with E-state index in [4.69, 9.17) is 12.1 Å². The summed E-state index contributed by atoms with van der Waals surface area (Å²) < 4.78 is 26.5. The van der Waals surface area contributed by atoms with E-state index >= 15 is 0 Å². The van der Waals surface area contributed by atoms with Crippen molar-refractivity contribution in [3.8, 4) is 28.3 Å². The molecule has 1 radical (unpaired) electrons. The third kappa shape index (κ3) is 7.35. The topological polar surface area (TPSA) is 43.9 Å². The first-order valence-electron chi connectivity index (χ1n) is 17.4. The number of benzene rings is 5. The molecule has 247 valence electrons. The van der Waals surface area contributed by atoms with Crippen molar-refractivity contribution in [3.63, 3.8) is 0 Å². The number of rotatable bonds is 6. The van der Waals surface area contributed by atoms with Crippen LogP contribution in [0.2, 0.25) is 17.3 Å². The molecule has 0 aliphatic rings. The average Bonchev–Trinajstić information content (AvgIpc) is 3.70. The normalized spacial score (nSPS) is 12.4. The summed E-state index contributed by atoms with van der Waals surface area (Å²) in [6.07, 6.45) is 0.562. The number of nitrogens with zero attached hydrogens (tertiary/aromatic N) is 3. The van der Waals surface area contributed by atoms with Crippen LogP contribution < -0.4 is 4.40 Å². The minimum absolute atomic E-state index is 0. The van der Waals surface area contributed by atoms with Crippen LogP contribution in [-0.4, -0.2) is 27.8 Å². The van der Waals surface area contributed by atoms with E-state index in [0.717, 1.165) is 71.3 Å². The fourth-order valence-electron chi connectivity index (χ4n) is 6.02. The molecule has 8 rings (SSSR count). The monoisotopic (exact) mass is 882 g/mol. The molecule has 0 amide bonds. The predicted molar refractivity (Wildman–Crippen MR) is 203 cm³/mol. The Balaban J connectivity index is 0.000000178. The van der Waals surface area contributed by atoms with Gasteiger partial charge in [-0.3, -0.25) is 4.98 Å². The maximum Gasteiger partial charge on any atom is 0.123 e. The Morgan fingerprint density at radius 3 is 2.29 bits per heavy atom. The van der Waals surface area contributed by atoms with Gasteiger partial charge in [-0.15, -0.1) is 17.7 Å². The molecular weight excluding hydrogens is 839 g/mol. The summed E-state index contributed by atoms with van der Waals surface area (Å²) >= 11 is -2.20. The Labute approximate surface area is 307 Å². The van der Waals surface area contributed by atoms with Crippen molar-refractivity contribution in [2.24, 2.45) is 5.92 Å². The predicted octanol–water partition coefficient (Wildman–Crippen LogP) is 10.7. The summed E-state index contributed by atoms with van der Waals surface area (Å²) in [5, 5.41) is 2.18. The van der Waals surface area contributed by atoms with Crippen LogP contribution in [0.25, 0.3) is 61.3 Å². The third-order valence-electron chi connectivity index (χ3n) is 8.27. The Morgan fingerprint density at radius 2 is 1.53 bits per heavy atom. The average molecular weight is 881 g/mol. The molecule has 0 saturated heterocycles. The largest absolute Gasteiger partial charge is 0.476 e. The van der Waals surface area contributed by atoms with E-state index in [1.54, 1.807) is 0 Å². The minimum Gasteiger partial charge on any atom is -0.476 e. The summed E-state index contributed by atoms with van der Waals surface area (Å²) in [5.41, 5.74) is 8.28. The van der Waals surface area contributed by atoms with Crippen LogP contribution in [0.5, 0.6) is 0 Å². The van der Waals surface area contributed by atoms with E-state index < -0.39 is 19.6 Å². The second kappa shape index (κ2) is 14.7. The van der Waals surface area contributed by atoms with Crippen molar-refractivity contribution in [2.45, 2.75) is 37.5 Å². The molecule has 3 heterocycles. The summed E-state index contributed by atoms with van der Waals surface area (Å²) in [6.45, 7) is 3.88. The number of hydrogen-bond donors (Lipinski definition) is 0. The number of imidazole rings is 1. The number of fused-ring (bicyclic) bond motifs is 4. The number of furan rings is 1. The number of hydrogen-bond acceptors (Lipinski definition) is 3. The fraction of sp³-hybridized carbons (Fsp3) is 0.163. The van der Waals surface area contributed by atoms with Gasteiger partial charge in [0.1, 0.15) is 5.58 Å². The second-order valence-corrected chi connectivity index (χ2v) is 23.8. The van der Waals surface area contributed by atoms with Crippen molar-refractivity contribution in [1.82, 2.24) is 14.5 Å². The van der Waals surface area contributed by atoms with E-state index in [2.05, 4.69) is 63.2 Å². The fourth-order valence-corrected chi connectivity index (χ4v) is 8.97. The molecule has 0 aliphatic carbocycles.